The van der Waals surface area contributed by atoms with Crippen LogP contribution in [0, 0.1) is 5.92 Å². The van der Waals surface area contributed by atoms with Crippen molar-refractivity contribution in [1.29, 1.82) is 0 Å². The summed E-state index contributed by atoms with van der Waals surface area (Å²) in [6, 6.07) is 6.32. The number of ether oxygens (including phenoxy) is 1. The number of nitrogens with zero attached hydrogens (tertiary/aromatic N) is 3. The second-order valence-corrected chi connectivity index (χ2v) is 7.66. The number of hydrogen-bond acceptors (Lipinski definition) is 7. The third kappa shape index (κ3) is 2.42. The Balaban J connectivity index is 1.51. The van der Waals surface area contributed by atoms with E-state index >= 15 is 0 Å². The molecule has 3 aromatic rings. The van der Waals surface area contributed by atoms with Crippen LogP contribution in [0.25, 0.3) is 11.0 Å². The lowest BCUT2D eigenvalue weighted by Crippen LogP contribution is -2.31. The lowest BCUT2D eigenvalue weighted by Gasteiger charge is -2.22. The fourth-order valence-electron chi connectivity index (χ4n) is 4.39. The number of aliphatic hydroxyl groups excluding tert-OH is 2. The molecule has 1 aliphatic heterocycles. The molecule has 2 aliphatic rings. The number of benzene rings is 1. The number of anilines is 1. The normalized spacial score (nSPS) is 29.2. The summed E-state index contributed by atoms with van der Waals surface area (Å²) in [7, 11) is 0. The number of nitrogen functional groups attached to an aromatic ring is 1. The Bertz CT molecular complexity index is 1100. The molecule has 0 amide bonds. The van der Waals surface area contributed by atoms with E-state index in [0.29, 0.717) is 39.4 Å². The molecule has 2 aromatic heterocycles. The minimum Gasteiger partial charge on any atom is -0.453 e. The van der Waals surface area contributed by atoms with E-state index in [0.717, 1.165) is 0 Å². The summed E-state index contributed by atoms with van der Waals surface area (Å²) in [6.45, 7) is 0. The lowest BCUT2D eigenvalue weighted by molar-refractivity contribution is -0.0332. The molecule has 1 aliphatic carbocycles. The van der Waals surface area contributed by atoms with Crippen LogP contribution in [-0.4, -0.2) is 42.9 Å². The van der Waals surface area contributed by atoms with Gasteiger partial charge in [-0.3, -0.25) is 0 Å². The van der Waals surface area contributed by atoms with E-state index in [1.807, 2.05) is 0 Å². The van der Waals surface area contributed by atoms with Gasteiger partial charge < -0.3 is 25.3 Å². The SMILES string of the molecule is Nc1ncnc2c1ccn2[C@@H]1C[C@H]([C@H]2OC(=O)c3cc(Cl)ccc32)[C@@H](O)[C@H]1O. The molecule has 1 fully saturated rings. The summed E-state index contributed by atoms with van der Waals surface area (Å²) in [5.74, 6) is -0.591. The van der Waals surface area contributed by atoms with E-state index in [4.69, 9.17) is 22.1 Å². The van der Waals surface area contributed by atoms with Gasteiger partial charge in [-0.1, -0.05) is 17.7 Å². The molecule has 0 spiro atoms. The van der Waals surface area contributed by atoms with Crippen molar-refractivity contribution in [2.24, 2.45) is 5.92 Å². The maximum Gasteiger partial charge on any atom is 0.339 e. The van der Waals surface area contributed by atoms with Gasteiger partial charge in [-0.15, -0.1) is 0 Å². The topological polar surface area (TPSA) is 123 Å². The summed E-state index contributed by atoms with van der Waals surface area (Å²) in [5, 5.41) is 22.6. The first kappa shape index (κ1) is 17.4. The highest BCUT2D eigenvalue weighted by atomic mass is 35.5. The number of hydrogen-bond donors (Lipinski definition) is 3. The Morgan fingerprint density at radius 2 is 2.04 bits per heavy atom. The van der Waals surface area contributed by atoms with Gasteiger partial charge >= 0.3 is 5.97 Å². The fraction of sp³-hybridized carbons (Fsp3) is 0.316. The molecule has 5 atom stereocenters. The van der Waals surface area contributed by atoms with Gasteiger partial charge in [-0.2, -0.15) is 0 Å². The molecule has 0 unspecified atom stereocenters. The number of cyclic esters (lactones) is 1. The van der Waals surface area contributed by atoms with Crippen molar-refractivity contribution in [3.63, 3.8) is 0 Å². The number of esters is 1. The first-order chi connectivity index (χ1) is 13.5. The van der Waals surface area contributed by atoms with Crippen LogP contribution in [0.2, 0.25) is 5.02 Å². The van der Waals surface area contributed by atoms with E-state index in [-0.39, 0.29) is 0 Å². The lowest BCUT2D eigenvalue weighted by atomic mass is 9.91. The maximum absolute atomic E-state index is 12.2. The predicted molar refractivity (Wildman–Crippen MR) is 101 cm³/mol. The Morgan fingerprint density at radius 3 is 2.86 bits per heavy atom. The highest BCUT2D eigenvalue weighted by Crippen LogP contribution is 2.48. The largest absolute Gasteiger partial charge is 0.453 e. The van der Waals surface area contributed by atoms with Crippen molar-refractivity contribution in [1.82, 2.24) is 14.5 Å². The zero-order valence-corrected chi connectivity index (χ0v) is 15.3. The van der Waals surface area contributed by atoms with Crippen LogP contribution in [0.5, 0.6) is 0 Å². The molecule has 9 heteroatoms. The smallest absolute Gasteiger partial charge is 0.339 e. The number of fused-ring (bicyclic) bond motifs is 2. The van der Waals surface area contributed by atoms with Gasteiger partial charge in [0.25, 0.3) is 0 Å². The van der Waals surface area contributed by atoms with Gasteiger partial charge in [-0.25, -0.2) is 14.8 Å². The van der Waals surface area contributed by atoms with Crippen molar-refractivity contribution in [2.45, 2.75) is 30.8 Å². The van der Waals surface area contributed by atoms with Gasteiger partial charge in [0.1, 0.15) is 30.0 Å². The van der Waals surface area contributed by atoms with Crippen LogP contribution < -0.4 is 5.73 Å². The van der Waals surface area contributed by atoms with Crippen molar-refractivity contribution in [2.75, 3.05) is 5.73 Å². The Labute approximate surface area is 164 Å². The summed E-state index contributed by atoms with van der Waals surface area (Å²) in [5.41, 5.74) is 7.55. The monoisotopic (exact) mass is 400 g/mol. The molecule has 0 saturated heterocycles. The third-order valence-electron chi connectivity index (χ3n) is 5.76. The average Bonchev–Trinajstić information content (AvgIpc) is 3.32. The van der Waals surface area contributed by atoms with Crippen LogP contribution in [0.1, 0.15) is 34.5 Å². The van der Waals surface area contributed by atoms with Crippen LogP contribution >= 0.6 is 11.6 Å². The number of aromatic nitrogens is 3. The van der Waals surface area contributed by atoms with Gasteiger partial charge in [0.05, 0.1) is 23.1 Å². The number of nitrogens with two attached hydrogens (primary N) is 1. The van der Waals surface area contributed by atoms with E-state index in [1.54, 1.807) is 35.0 Å². The second-order valence-electron chi connectivity index (χ2n) is 7.22. The Morgan fingerprint density at radius 1 is 1.21 bits per heavy atom. The fourth-order valence-corrected chi connectivity index (χ4v) is 4.56. The molecule has 1 aromatic carbocycles. The first-order valence-electron chi connectivity index (χ1n) is 8.89. The van der Waals surface area contributed by atoms with E-state index in [1.165, 1.54) is 6.33 Å². The molecule has 1 saturated carbocycles. The van der Waals surface area contributed by atoms with Gasteiger partial charge in [-0.05, 0) is 24.6 Å². The molecule has 5 rings (SSSR count). The van der Waals surface area contributed by atoms with Crippen LogP contribution in [-0.2, 0) is 4.74 Å². The standard InChI is InChI=1S/C19H17ClN4O4/c20-8-1-2-9-11(5-8)19(27)28-16(9)12-6-13(15(26)14(12)25)24-4-3-10-17(21)22-7-23-18(10)24/h1-5,7,12-16,25-26H,6H2,(H2,21,22,23)/t12-,13+,14+,15-,16-/m0/s1. The molecule has 144 valence electrons. The highest BCUT2D eigenvalue weighted by Gasteiger charge is 2.50. The Kier molecular flexibility index (Phi) is 3.84. The van der Waals surface area contributed by atoms with Crippen LogP contribution in [0.15, 0.2) is 36.8 Å². The van der Waals surface area contributed by atoms with Crippen molar-refractivity contribution in [3.05, 3.63) is 52.9 Å². The molecule has 3 heterocycles. The minimum absolute atomic E-state index is 0.351. The quantitative estimate of drug-likeness (QED) is 0.561. The predicted octanol–water partition coefficient (Wildman–Crippen LogP) is 1.86. The van der Waals surface area contributed by atoms with Crippen LogP contribution in [0.3, 0.4) is 0 Å². The second kappa shape index (κ2) is 6.16. The van der Waals surface area contributed by atoms with E-state index in [9.17, 15) is 15.0 Å². The minimum atomic E-state index is -1.07. The number of carbonyl (C=O) groups excluding carboxylic acids is 1. The highest BCUT2D eigenvalue weighted by molar-refractivity contribution is 6.31. The summed E-state index contributed by atoms with van der Waals surface area (Å²) >= 11 is 5.98. The van der Waals surface area contributed by atoms with E-state index in [2.05, 4.69) is 9.97 Å². The molecular formula is C19H17ClN4O4. The van der Waals surface area contributed by atoms with Crippen molar-refractivity contribution in [3.8, 4) is 0 Å². The summed E-state index contributed by atoms with van der Waals surface area (Å²) in [4.78, 5) is 20.5. The zero-order chi connectivity index (χ0) is 19.6. The molecule has 0 radical (unpaired) electrons. The molecule has 4 N–H and O–H groups in total. The molecule has 28 heavy (non-hydrogen) atoms. The van der Waals surface area contributed by atoms with E-state index < -0.39 is 36.2 Å². The third-order valence-corrected chi connectivity index (χ3v) is 5.99. The van der Waals surface area contributed by atoms with Gasteiger partial charge in [0.15, 0.2) is 0 Å². The average molecular weight is 401 g/mol. The number of halogens is 1. The number of rotatable bonds is 2. The summed E-state index contributed by atoms with van der Waals surface area (Å²) in [6.07, 6.45) is 0.773. The van der Waals surface area contributed by atoms with Crippen LogP contribution in [0.4, 0.5) is 5.82 Å². The van der Waals surface area contributed by atoms with Crippen molar-refractivity contribution >= 4 is 34.4 Å². The van der Waals surface area contributed by atoms with Gasteiger partial charge in [0, 0.05) is 22.7 Å². The molecule has 8 nitrogen and oxygen atoms in total. The number of carbonyl (C=O) groups is 1. The summed E-state index contributed by atoms with van der Waals surface area (Å²) < 4.78 is 7.33. The first-order valence-corrected chi connectivity index (χ1v) is 9.27. The van der Waals surface area contributed by atoms with Gasteiger partial charge in [0.2, 0.25) is 0 Å². The molecular weight excluding hydrogens is 384 g/mol. The maximum atomic E-state index is 12.2. The Hall–Kier alpha value is -2.68. The zero-order valence-electron chi connectivity index (χ0n) is 14.6. The molecule has 0 bridgehead atoms. The van der Waals surface area contributed by atoms with Crippen molar-refractivity contribution < 1.29 is 19.7 Å². The number of aliphatic hydroxyl groups is 2.